The van der Waals surface area contributed by atoms with Crippen molar-refractivity contribution >= 4 is 5.97 Å². The Morgan fingerprint density at radius 1 is 1.43 bits per heavy atom. The van der Waals surface area contributed by atoms with E-state index in [-0.39, 0.29) is 6.04 Å². The van der Waals surface area contributed by atoms with Gasteiger partial charge in [-0.1, -0.05) is 0 Å². The Bertz CT molecular complexity index is 506. The molecule has 2 atom stereocenters. The van der Waals surface area contributed by atoms with Gasteiger partial charge < -0.3 is 19.9 Å². The van der Waals surface area contributed by atoms with Crippen LogP contribution in [0.15, 0.2) is 18.2 Å². The number of methoxy groups -OCH3 is 2. The van der Waals surface area contributed by atoms with E-state index in [4.69, 9.17) is 9.47 Å². The van der Waals surface area contributed by atoms with Crippen LogP contribution in [0.1, 0.15) is 18.5 Å². The molecule has 0 radical (unpaired) electrons. The molecule has 2 N–H and O–H groups in total. The van der Waals surface area contributed by atoms with E-state index in [0.29, 0.717) is 13.1 Å². The van der Waals surface area contributed by atoms with Gasteiger partial charge in [0.05, 0.1) is 14.2 Å². The number of piperazine rings is 1. The second-order valence-electron chi connectivity index (χ2n) is 5.08. The summed E-state index contributed by atoms with van der Waals surface area (Å²) in [6, 6.07) is 4.98. The summed E-state index contributed by atoms with van der Waals surface area (Å²) in [5.41, 5.74) is 0.935. The molecule has 0 saturated carbocycles. The van der Waals surface area contributed by atoms with E-state index in [1.807, 2.05) is 30.0 Å². The zero-order valence-electron chi connectivity index (χ0n) is 12.6. The Hall–Kier alpha value is -1.79. The second-order valence-corrected chi connectivity index (χ2v) is 5.08. The van der Waals surface area contributed by atoms with Gasteiger partial charge in [-0.25, -0.2) is 0 Å². The summed E-state index contributed by atoms with van der Waals surface area (Å²) < 4.78 is 10.7. The monoisotopic (exact) mass is 294 g/mol. The molecule has 1 aromatic rings. The first kappa shape index (κ1) is 15.6. The molecule has 116 valence electrons. The number of carboxylic acid groups (broad SMARTS) is 1. The number of nitrogens with one attached hydrogen (secondary N) is 1. The molecule has 0 spiro atoms. The Kier molecular flexibility index (Phi) is 5.03. The van der Waals surface area contributed by atoms with Crippen molar-refractivity contribution in [2.24, 2.45) is 0 Å². The molecule has 0 aliphatic carbocycles. The molecular weight excluding hydrogens is 272 g/mol. The predicted molar refractivity (Wildman–Crippen MR) is 79.0 cm³/mol. The number of hydrogen-bond donors (Lipinski definition) is 2. The Labute approximate surface area is 124 Å². The molecule has 0 bridgehead atoms. The van der Waals surface area contributed by atoms with Gasteiger partial charge in [-0.3, -0.25) is 9.69 Å². The van der Waals surface area contributed by atoms with Crippen LogP contribution in [-0.4, -0.2) is 55.9 Å². The lowest BCUT2D eigenvalue weighted by Gasteiger charge is -2.38. The highest BCUT2D eigenvalue weighted by Crippen LogP contribution is 2.33. The average Bonchev–Trinajstić information content (AvgIpc) is 2.53. The molecule has 1 saturated heterocycles. The lowest BCUT2D eigenvalue weighted by Crippen LogP contribution is -2.55. The summed E-state index contributed by atoms with van der Waals surface area (Å²) in [5, 5.41) is 12.5. The SMILES string of the molecule is COc1ccc(OC)c(C(C)N2CCNCC2C(=O)O)c1. The number of rotatable bonds is 5. The van der Waals surface area contributed by atoms with Crippen LogP contribution >= 0.6 is 0 Å². The molecule has 2 unspecified atom stereocenters. The number of carbonyl (C=O) groups is 1. The normalized spacial score (nSPS) is 20.8. The third-order valence-electron chi connectivity index (χ3n) is 3.95. The van der Waals surface area contributed by atoms with Gasteiger partial charge in [0.1, 0.15) is 17.5 Å². The lowest BCUT2D eigenvalue weighted by molar-refractivity contribution is -0.145. The summed E-state index contributed by atoms with van der Waals surface area (Å²) in [4.78, 5) is 13.4. The minimum Gasteiger partial charge on any atom is -0.497 e. The van der Waals surface area contributed by atoms with Gasteiger partial charge in [0.15, 0.2) is 0 Å². The van der Waals surface area contributed by atoms with Crippen molar-refractivity contribution in [3.05, 3.63) is 23.8 Å². The van der Waals surface area contributed by atoms with Gasteiger partial charge >= 0.3 is 5.97 Å². The van der Waals surface area contributed by atoms with Crippen LogP contribution in [0.4, 0.5) is 0 Å². The van der Waals surface area contributed by atoms with Crippen LogP contribution < -0.4 is 14.8 Å². The van der Waals surface area contributed by atoms with Crippen LogP contribution in [0.25, 0.3) is 0 Å². The number of nitrogens with zero attached hydrogens (tertiary/aromatic N) is 1. The van der Waals surface area contributed by atoms with Gasteiger partial charge in [0, 0.05) is 31.2 Å². The molecule has 1 aromatic carbocycles. The number of hydrogen-bond acceptors (Lipinski definition) is 5. The fourth-order valence-electron chi connectivity index (χ4n) is 2.76. The minimum atomic E-state index is -0.809. The summed E-state index contributed by atoms with van der Waals surface area (Å²) in [6.45, 7) is 3.91. The van der Waals surface area contributed by atoms with Crippen molar-refractivity contribution in [2.45, 2.75) is 19.0 Å². The Morgan fingerprint density at radius 3 is 2.81 bits per heavy atom. The maximum Gasteiger partial charge on any atom is 0.322 e. The van der Waals surface area contributed by atoms with E-state index < -0.39 is 12.0 Å². The molecular formula is C15H22N2O4. The van der Waals surface area contributed by atoms with Crippen LogP contribution in [0.2, 0.25) is 0 Å². The van der Waals surface area contributed by atoms with E-state index in [2.05, 4.69) is 5.32 Å². The quantitative estimate of drug-likeness (QED) is 0.848. The number of ether oxygens (including phenoxy) is 2. The number of aliphatic carboxylic acids is 1. The smallest absolute Gasteiger partial charge is 0.322 e. The summed E-state index contributed by atoms with van der Waals surface area (Å²) in [6.07, 6.45) is 0. The van der Waals surface area contributed by atoms with Gasteiger partial charge in [0.25, 0.3) is 0 Å². The van der Waals surface area contributed by atoms with E-state index in [0.717, 1.165) is 23.6 Å². The lowest BCUT2D eigenvalue weighted by atomic mass is 10.0. The third-order valence-corrected chi connectivity index (χ3v) is 3.95. The van der Waals surface area contributed by atoms with Crippen molar-refractivity contribution in [3.63, 3.8) is 0 Å². The highest BCUT2D eigenvalue weighted by molar-refractivity contribution is 5.74. The molecule has 21 heavy (non-hydrogen) atoms. The van der Waals surface area contributed by atoms with Gasteiger partial charge in [-0.2, -0.15) is 0 Å². The maximum atomic E-state index is 11.4. The first-order chi connectivity index (χ1) is 10.1. The Morgan fingerprint density at radius 2 is 2.19 bits per heavy atom. The van der Waals surface area contributed by atoms with E-state index in [9.17, 15) is 9.90 Å². The topological polar surface area (TPSA) is 71.0 Å². The first-order valence-corrected chi connectivity index (χ1v) is 6.99. The van der Waals surface area contributed by atoms with Crippen molar-refractivity contribution in [2.75, 3.05) is 33.9 Å². The maximum absolute atomic E-state index is 11.4. The zero-order chi connectivity index (χ0) is 15.4. The molecule has 6 heteroatoms. The second kappa shape index (κ2) is 6.78. The molecule has 0 amide bonds. The number of benzene rings is 1. The highest BCUT2D eigenvalue weighted by atomic mass is 16.5. The molecule has 0 aromatic heterocycles. The van der Waals surface area contributed by atoms with E-state index in [1.54, 1.807) is 14.2 Å². The minimum absolute atomic E-state index is 0.0711. The fourth-order valence-corrected chi connectivity index (χ4v) is 2.76. The van der Waals surface area contributed by atoms with Crippen molar-refractivity contribution < 1.29 is 19.4 Å². The van der Waals surface area contributed by atoms with E-state index in [1.165, 1.54) is 0 Å². The van der Waals surface area contributed by atoms with Crippen LogP contribution in [0.5, 0.6) is 11.5 Å². The summed E-state index contributed by atoms with van der Waals surface area (Å²) in [7, 11) is 3.23. The molecule has 1 aliphatic heterocycles. The summed E-state index contributed by atoms with van der Waals surface area (Å²) in [5.74, 6) is 0.668. The highest BCUT2D eigenvalue weighted by Gasteiger charge is 2.33. The van der Waals surface area contributed by atoms with Crippen LogP contribution in [0.3, 0.4) is 0 Å². The molecule has 1 aliphatic rings. The van der Waals surface area contributed by atoms with Gasteiger partial charge in [-0.05, 0) is 25.1 Å². The molecule has 1 heterocycles. The van der Waals surface area contributed by atoms with Gasteiger partial charge in [0.2, 0.25) is 0 Å². The van der Waals surface area contributed by atoms with E-state index >= 15 is 0 Å². The number of carboxylic acids is 1. The average molecular weight is 294 g/mol. The third kappa shape index (κ3) is 3.28. The molecule has 1 fully saturated rings. The van der Waals surface area contributed by atoms with Crippen LogP contribution in [-0.2, 0) is 4.79 Å². The first-order valence-electron chi connectivity index (χ1n) is 6.99. The largest absolute Gasteiger partial charge is 0.497 e. The fraction of sp³-hybridized carbons (Fsp3) is 0.533. The predicted octanol–water partition coefficient (Wildman–Crippen LogP) is 1.12. The summed E-state index contributed by atoms with van der Waals surface area (Å²) >= 11 is 0. The molecule has 6 nitrogen and oxygen atoms in total. The van der Waals surface area contributed by atoms with Gasteiger partial charge in [-0.15, -0.1) is 0 Å². The van der Waals surface area contributed by atoms with Crippen molar-refractivity contribution in [3.8, 4) is 11.5 Å². The zero-order valence-corrected chi connectivity index (χ0v) is 12.6. The Balaban J connectivity index is 2.32. The van der Waals surface area contributed by atoms with Crippen LogP contribution in [0, 0.1) is 0 Å². The molecule has 2 rings (SSSR count). The standard InChI is InChI=1S/C15H22N2O4/c1-10(17-7-6-16-9-13(17)15(18)19)12-8-11(20-2)4-5-14(12)21-3/h4-5,8,10,13,16H,6-7,9H2,1-3H3,(H,18,19). The van der Waals surface area contributed by atoms with Crippen molar-refractivity contribution in [1.29, 1.82) is 0 Å². The van der Waals surface area contributed by atoms with Crippen molar-refractivity contribution in [1.82, 2.24) is 10.2 Å².